The molecule has 0 unspecified atom stereocenters. The van der Waals surface area contributed by atoms with Crippen molar-refractivity contribution in [2.24, 2.45) is 0 Å². The van der Waals surface area contributed by atoms with E-state index < -0.39 is 0 Å². The monoisotopic (exact) mass is 446 g/mol. The zero-order chi connectivity index (χ0) is 22.1. The minimum Gasteiger partial charge on any atom is -0.495 e. The van der Waals surface area contributed by atoms with Crippen LogP contribution in [0.3, 0.4) is 0 Å². The summed E-state index contributed by atoms with van der Waals surface area (Å²) in [4.78, 5) is 13.3. The summed E-state index contributed by atoms with van der Waals surface area (Å²) < 4.78 is 9.57. The van der Waals surface area contributed by atoms with Crippen molar-refractivity contribution in [3.63, 3.8) is 0 Å². The molecule has 4 aromatic rings. The van der Waals surface area contributed by atoms with Crippen molar-refractivity contribution in [1.82, 2.24) is 29.3 Å². The van der Waals surface area contributed by atoms with Gasteiger partial charge in [-0.25, -0.2) is 19.6 Å². The van der Waals surface area contributed by atoms with Crippen LogP contribution in [0.2, 0.25) is 5.15 Å². The van der Waals surface area contributed by atoms with Gasteiger partial charge in [0.1, 0.15) is 16.7 Å². The van der Waals surface area contributed by atoms with Crippen LogP contribution in [0, 0.1) is 6.92 Å². The van der Waals surface area contributed by atoms with Crippen LogP contribution in [0.1, 0.15) is 47.2 Å². The number of nitrogens with zero attached hydrogens (tertiary/aromatic N) is 6. The van der Waals surface area contributed by atoms with Crippen LogP contribution >= 0.6 is 11.6 Å². The largest absolute Gasteiger partial charge is 0.495 e. The standard InChI is InChI=1S/C24H23ClN6O/c1-16-14-30(15-27-16)20-8-5-17(12-21(20)32-2)6-10-23-28-24-19(4-3-11-31(24)29-23)18-7-9-22(25)26-13-18/h5-10,12-15,19H,3-4,11H2,1-2H3/b10-6+/t19-/m1/s1. The maximum atomic E-state index is 5.95. The van der Waals surface area contributed by atoms with Crippen molar-refractivity contribution < 1.29 is 4.74 Å². The number of rotatable bonds is 5. The van der Waals surface area contributed by atoms with Crippen LogP contribution in [0.15, 0.2) is 49.1 Å². The normalized spacial score (nSPS) is 15.8. The Morgan fingerprint density at radius 3 is 2.81 bits per heavy atom. The third-order valence-corrected chi connectivity index (χ3v) is 5.89. The highest BCUT2D eigenvalue weighted by atomic mass is 35.5. The molecule has 3 aromatic heterocycles. The predicted molar refractivity (Wildman–Crippen MR) is 124 cm³/mol. The molecule has 0 spiro atoms. The van der Waals surface area contributed by atoms with Crippen molar-refractivity contribution >= 4 is 23.8 Å². The van der Waals surface area contributed by atoms with Gasteiger partial charge in [-0.15, -0.1) is 0 Å². The summed E-state index contributed by atoms with van der Waals surface area (Å²) in [6, 6.07) is 9.92. The molecular weight excluding hydrogens is 424 g/mol. The Morgan fingerprint density at radius 2 is 2.06 bits per heavy atom. The number of hydrogen-bond donors (Lipinski definition) is 0. The van der Waals surface area contributed by atoms with E-state index in [4.69, 9.17) is 26.4 Å². The summed E-state index contributed by atoms with van der Waals surface area (Å²) in [5.74, 6) is 2.63. The molecule has 162 valence electrons. The lowest BCUT2D eigenvalue weighted by Gasteiger charge is -2.22. The third-order valence-electron chi connectivity index (χ3n) is 5.66. The van der Waals surface area contributed by atoms with Gasteiger partial charge in [0.05, 0.1) is 24.8 Å². The number of aryl methyl sites for hydroxylation is 2. The van der Waals surface area contributed by atoms with E-state index in [0.29, 0.717) is 11.0 Å². The molecule has 0 amide bonds. The topological polar surface area (TPSA) is 70.7 Å². The van der Waals surface area contributed by atoms with Gasteiger partial charge < -0.3 is 9.30 Å². The lowest BCUT2D eigenvalue weighted by Crippen LogP contribution is -2.18. The summed E-state index contributed by atoms with van der Waals surface area (Å²) in [6.45, 7) is 2.84. The van der Waals surface area contributed by atoms with E-state index in [-0.39, 0.29) is 5.92 Å². The van der Waals surface area contributed by atoms with Gasteiger partial charge in [0.25, 0.3) is 0 Å². The summed E-state index contributed by atoms with van der Waals surface area (Å²) in [5, 5.41) is 5.20. The first-order valence-electron chi connectivity index (χ1n) is 10.5. The van der Waals surface area contributed by atoms with Gasteiger partial charge in [-0.2, -0.15) is 5.10 Å². The molecule has 0 aliphatic carbocycles. The summed E-state index contributed by atoms with van der Waals surface area (Å²) in [6.07, 6.45) is 11.6. The number of imidazole rings is 1. The van der Waals surface area contributed by atoms with Crippen LogP contribution in [0.5, 0.6) is 5.75 Å². The van der Waals surface area contributed by atoms with Crippen LogP contribution in [-0.2, 0) is 6.54 Å². The first-order chi connectivity index (χ1) is 15.6. The SMILES string of the molecule is COc1cc(/C=C/c2nc3n(n2)CCC[C@@H]3c2ccc(Cl)nc2)ccc1-n1cnc(C)c1. The molecule has 0 fully saturated rings. The average molecular weight is 447 g/mol. The van der Waals surface area contributed by atoms with Crippen molar-refractivity contribution in [3.8, 4) is 11.4 Å². The number of pyridine rings is 1. The molecule has 7 nitrogen and oxygen atoms in total. The van der Waals surface area contributed by atoms with E-state index in [0.717, 1.165) is 53.5 Å². The molecule has 0 bridgehead atoms. The molecule has 1 aliphatic rings. The van der Waals surface area contributed by atoms with Crippen LogP contribution in [0.4, 0.5) is 0 Å². The Kier molecular flexibility index (Phi) is 5.49. The molecule has 1 aliphatic heterocycles. The van der Waals surface area contributed by atoms with Gasteiger partial charge in [0.15, 0.2) is 5.82 Å². The molecule has 1 aromatic carbocycles. The quantitative estimate of drug-likeness (QED) is 0.407. The highest BCUT2D eigenvalue weighted by Crippen LogP contribution is 2.32. The zero-order valence-electron chi connectivity index (χ0n) is 17.9. The van der Waals surface area contributed by atoms with E-state index in [1.807, 2.05) is 71.1 Å². The van der Waals surface area contributed by atoms with Gasteiger partial charge in [-0.05, 0) is 55.2 Å². The van der Waals surface area contributed by atoms with Gasteiger partial charge in [-0.3, -0.25) is 0 Å². The van der Waals surface area contributed by atoms with Gasteiger partial charge >= 0.3 is 0 Å². The van der Waals surface area contributed by atoms with Crippen LogP contribution < -0.4 is 4.74 Å². The molecule has 0 saturated carbocycles. The van der Waals surface area contributed by atoms with Crippen molar-refractivity contribution in [3.05, 3.63) is 82.7 Å². The molecule has 0 radical (unpaired) electrons. The molecule has 4 heterocycles. The second-order valence-corrected chi connectivity index (χ2v) is 8.23. The molecule has 1 atom stereocenters. The second-order valence-electron chi connectivity index (χ2n) is 7.85. The number of ether oxygens (including phenoxy) is 1. The molecular formula is C24H23ClN6O. The Bertz CT molecular complexity index is 1270. The predicted octanol–water partition coefficient (Wildman–Crippen LogP) is 4.93. The average Bonchev–Trinajstić information content (AvgIpc) is 3.43. The number of fused-ring (bicyclic) bond motifs is 1. The Morgan fingerprint density at radius 1 is 1.16 bits per heavy atom. The maximum Gasteiger partial charge on any atom is 0.174 e. The fourth-order valence-corrected chi connectivity index (χ4v) is 4.20. The fraction of sp³-hybridized carbons (Fsp3) is 0.250. The minimum atomic E-state index is 0.182. The fourth-order valence-electron chi connectivity index (χ4n) is 4.08. The lowest BCUT2D eigenvalue weighted by molar-refractivity contribution is 0.413. The number of hydrogen-bond acceptors (Lipinski definition) is 5. The Labute approximate surface area is 191 Å². The molecule has 32 heavy (non-hydrogen) atoms. The Hall–Kier alpha value is -3.45. The third kappa shape index (κ3) is 4.03. The van der Waals surface area contributed by atoms with Gasteiger partial charge in [0, 0.05) is 24.9 Å². The van der Waals surface area contributed by atoms with E-state index in [1.165, 1.54) is 0 Å². The number of aromatic nitrogens is 6. The first kappa shape index (κ1) is 20.5. The number of benzene rings is 1. The zero-order valence-corrected chi connectivity index (χ0v) is 18.7. The molecule has 0 N–H and O–H groups in total. The van der Waals surface area contributed by atoms with Gasteiger partial charge in [0.2, 0.25) is 0 Å². The summed E-state index contributed by atoms with van der Waals surface area (Å²) in [5.41, 5.74) is 4.03. The molecule has 0 saturated heterocycles. The number of halogens is 1. The smallest absolute Gasteiger partial charge is 0.174 e. The highest BCUT2D eigenvalue weighted by molar-refractivity contribution is 6.29. The summed E-state index contributed by atoms with van der Waals surface area (Å²) >= 11 is 5.95. The van der Waals surface area contributed by atoms with E-state index in [2.05, 4.69) is 9.97 Å². The van der Waals surface area contributed by atoms with Crippen molar-refractivity contribution in [1.29, 1.82) is 0 Å². The van der Waals surface area contributed by atoms with Gasteiger partial charge in [-0.1, -0.05) is 29.8 Å². The first-order valence-corrected chi connectivity index (χ1v) is 10.9. The van der Waals surface area contributed by atoms with Crippen molar-refractivity contribution in [2.45, 2.75) is 32.2 Å². The minimum absolute atomic E-state index is 0.182. The van der Waals surface area contributed by atoms with Crippen molar-refractivity contribution in [2.75, 3.05) is 7.11 Å². The highest BCUT2D eigenvalue weighted by Gasteiger charge is 2.25. The van der Waals surface area contributed by atoms with Crippen LogP contribution in [-0.4, -0.2) is 36.4 Å². The number of methoxy groups -OCH3 is 1. The maximum absolute atomic E-state index is 5.95. The van der Waals surface area contributed by atoms with E-state index in [1.54, 1.807) is 13.4 Å². The molecule has 8 heteroatoms. The van der Waals surface area contributed by atoms with Crippen LogP contribution in [0.25, 0.3) is 17.8 Å². The van der Waals surface area contributed by atoms with E-state index >= 15 is 0 Å². The second kappa shape index (κ2) is 8.59. The Balaban J connectivity index is 1.40. The lowest BCUT2D eigenvalue weighted by atomic mass is 9.92. The molecule has 5 rings (SSSR count). The van der Waals surface area contributed by atoms with E-state index in [9.17, 15) is 0 Å². The summed E-state index contributed by atoms with van der Waals surface area (Å²) in [7, 11) is 1.67.